The van der Waals surface area contributed by atoms with E-state index in [1.165, 1.54) is 12.1 Å². The number of halogens is 2. The molecule has 0 saturated heterocycles. The van der Waals surface area contributed by atoms with Crippen LogP contribution >= 0.6 is 0 Å². The predicted octanol–water partition coefficient (Wildman–Crippen LogP) is 4.10. The Morgan fingerprint density at radius 1 is 0.854 bits per heavy atom. The van der Waals surface area contributed by atoms with E-state index in [4.69, 9.17) is 19.3 Å². The minimum atomic E-state index is -3.74. The summed E-state index contributed by atoms with van der Waals surface area (Å²) < 4.78 is 52.1. The zero-order valence-electron chi connectivity index (χ0n) is 26.2. The summed E-state index contributed by atoms with van der Waals surface area (Å²) in [6.45, 7) is 4.28. The number of pyridine rings is 1. The molecule has 1 fully saturated rings. The summed E-state index contributed by atoms with van der Waals surface area (Å²) in [5.41, 5.74) is 2.19. The number of aryl methyl sites for hydroxylation is 1. The van der Waals surface area contributed by atoms with Crippen LogP contribution in [0.3, 0.4) is 0 Å². The van der Waals surface area contributed by atoms with Crippen molar-refractivity contribution in [2.75, 3.05) is 58.0 Å². The van der Waals surface area contributed by atoms with Crippen molar-refractivity contribution in [3.8, 4) is 22.8 Å². The molecule has 0 bridgehead atoms. The normalized spacial score (nSPS) is 15.1. The summed E-state index contributed by atoms with van der Waals surface area (Å²) >= 11 is 0. The van der Waals surface area contributed by atoms with Crippen molar-refractivity contribution in [2.45, 2.75) is 31.5 Å². The van der Waals surface area contributed by atoms with Gasteiger partial charge in [0.05, 0.1) is 50.8 Å². The largest absolute Gasteiger partial charge is 0.586 e. The van der Waals surface area contributed by atoms with E-state index < -0.39 is 17.8 Å². The van der Waals surface area contributed by atoms with Gasteiger partial charge >= 0.3 is 12.4 Å². The number of nitrogens with one attached hydrogen (secondary N) is 3. The number of carbonyl (C=O) groups is 3. The molecular formula is C33H36F2N4O9. The number of rotatable bonds is 17. The van der Waals surface area contributed by atoms with Gasteiger partial charge < -0.3 is 44.7 Å². The van der Waals surface area contributed by atoms with Gasteiger partial charge in [-0.1, -0.05) is 24.3 Å². The second-order valence-corrected chi connectivity index (χ2v) is 11.1. The van der Waals surface area contributed by atoms with Gasteiger partial charge in [-0.3, -0.25) is 9.59 Å². The van der Waals surface area contributed by atoms with Gasteiger partial charge in [-0.15, -0.1) is 8.78 Å². The lowest BCUT2D eigenvalue weighted by atomic mass is 9.94. The van der Waals surface area contributed by atoms with Crippen LogP contribution < -0.4 is 25.4 Å². The molecule has 2 heterocycles. The summed E-state index contributed by atoms with van der Waals surface area (Å²) in [7, 11) is 0. The van der Waals surface area contributed by atoms with Crippen molar-refractivity contribution in [3.05, 3.63) is 71.3 Å². The molecule has 3 aromatic rings. The number of hydrogen-bond acceptors (Lipinski definition) is 9. The Balaban J connectivity index is 1.08. The molecule has 0 unspecified atom stereocenters. The first-order chi connectivity index (χ1) is 23.1. The zero-order chi connectivity index (χ0) is 34.1. The first-order valence-electron chi connectivity index (χ1n) is 15.3. The number of alkyl halides is 2. The summed E-state index contributed by atoms with van der Waals surface area (Å²) in [6.07, 6.45) is -3.76. The number of benzene rings is 2. The highest BCUT2D eigenvalue weighted by Gasteiger charge is 2.53. The number of aromatic nitrogens is 1. The smallest absolute Gasteiger partial charge is 0.465 e. The lowest BCUT2D eigenvalue weighted by Gasteiger charge is -2.17. The van der Waals surface area contributed by atoms with Gasteiger partial charge in [0.1, 0.15) is 5.82 Å². The third-order valence-corrected chi connectivity index (χ3v) is 7.67. The Bertz CT molecular complexity index is 1630. The minimum Gasteiger partial charge on any atom is -0.465 e. The highest BCUT2D eigenvalue weighted by molar-refractivity contribution is 6.01. The second kappa shape index (κ2) is 15.4. The number of nitrogens with zero attached hydrogens (tertiary/aromatic N) is 1. The Labute approximate surface area is 274 Å². The second-order valence-electron chi connectivity index (χ2n) is 11.1. The van der Waals surface area contributed by atoms with E-state index in [0.29, 0.717) is 67.5 Å². The monoisotopic (exact) mass is 670 g/mol. The van der Waals surface area contributed by atoms with Gasteiger partial charge in [-0.25, -0.2) is 9.78 Å². The summed E-state index contributed by atoms with van der Waals surface area (Å²) in [4.78, 5) is 41.2. The molecule has 0 spiro atoms. The van der Waals surface area contributed by atoms with Crippen molar-refractivity contribution in [2.24, 2.45) is 0 Å². The third kappa shape index (κ3) is 8.93. The van der Waals surface area contributed by atoms with Gasteiger partial charge in [-0.05, 0) is 61.2 Å². The number of carboxylic acid groups (broad SMARTS) is 1. The van der Waals surface area contributed by atoms with Crippen molar-refractivity contribution >= 4 is 23.7 Å². The van der Waals surface area contributed by atoms with Crippen LogP contribution in [0.25, 0.3) is 11.3 Å². The molecule has 13 nitrogen and oxygen atoms in total. The fourth-order valence-corrected chi connectivity index (χ4v) is 5.06. The molecule has 15 heteroatoms. The molecule has 2 aliphatic rings. The molecule has 2 aromatic carbocycles. The molecule has 5 rings (SSSR count). The zero-order valence-corrected chi connectivity index (χ0v) is 26.2. The quantitative estimate of drug-likeness (QED) is 0.154. The number of amides is 3. The molecule has 0 radical (unpaired) electrons. The van der Waals surface area contributed by atoms with E-state index in [0.717, 1.165) is 5.56 Å². The molecule has 3 amide bonds. The van der Waals surface area contributed by atoms with Gasteiger partial charge in [0, 0.05) is 24.2 Å². The number of anilines is 1. The average molecular weight is 671 g/mol. The van der Waals surface area contributed by atoms with Crippen LogP contribution in [0.4, 0.5) is 19.4 Å². The first kappa shape index (κ1) is 34.5. The van der Waals surface area contributed by atoms with Crippen molar-refractivity contribution in [1.82, 2.24) is 15.6 Å². The van der Waals surface area contributed by atoms with Gasteiger partial charge in [0.2, 0.25) is 5.91 Å². The SMILES string of the molecule is Cc1ccc(NC(=O)C2(c3ccc4c(c3)OC(F)(F)O4)CC2)nc1-c1cccc(C(=O)NCCOCCOCCOCCNC(=O)O)c1. The maximum atomic E-state index is 13.5. The van der Waals surface area contributed by atoms with Gasteiger partial charge in [0.15, 0.2) is 11.5 Å². The van der Waals surface area contributed by atoms with E-state index in [9.17, 15) is 23.2 Å². The highest BCUT2D eigenvalue weighted by Crippen LogP contribution is 2.52. The van der Waals surface area contributed by atoms with Gasteiger partial charge in [-0.2, -0.15) is 0 Å². The lowest BCUT2D eigenvalue weighted by molar-refractivity contribution is -0.286. The van der Waals surface area contributed by atoms with Crippen molar-refractivity contribution in [3.63, 3.8) is 0 Å². The molecule has 48 heavy (non-hydrogen) atoms. The fourth-order valence-electron chi connectivity index (χ4n) is 5.06. The summed E-state index contributed by atoms with van der Waals surface area (Å²) in [6, 6.07) is 14.9. The Kier molecular flexibility index (Phi) is 11.0. The topological polar surface area (TPSA) is 167 Å². The van der Waals surface area contributed by atoms with Crippen molar-refractivity contribution in [1.29, 1.82) is 0 Å². The van der Waals surface area contributed by atoms with Crippen LogP contribution in [-0.4, -0.2) is 87.0 Å². The number of ether oxygens (including phenoxy) is 5. The Morgan fingerprint density at radius 3 is 2.21 bits per heavy atom. The van der Waals surface area contributed by atoms with E-state index >= 15 is 0 Å². The van der Waals surface area contributed by atoms with Crippen LogP contribution in [0.1, 0.15) is 34.3 Å². The van der Waals surface area contributed by atoms with Crippen LogP contribution in [0, 0.1) is 6.92 Å². The van der Waals surface area contributed by atoms with E-state index in [1.807, 2.05) is 19.1 Å². The standard InChI is InChI=1S/C33H36F2N4O9/c1-21-5-8-27(39-30(41)32(9-10-32)24-6-7-25-26(20-24)48-33(34,35)47-25)38-28(21)22-3-2-4-23(19-22)29(40)36-11-13-44-15-17-46-18-16-45-14-12-37-31(42)43/h2-8,19-20,37H,9-18H2,1H3,(H,36,40)(H,42,43)(H,38,39,41). The maximum absolute atomic E-state index is 13.5. The lowest BCUT2D eigenvalue weighted by Crippen LogP contribution is -2.28. The van der Waals surface area contributed by atoms with E-state index in [-0.39, 0.29) is 49.6 Å². The van der Waals surface area contributed by atoms with E-state index in [2.05, 4.69) is 30.4 Å². The molecular weight excluding hydrogens is 634 g/mol. The van der Waals surface area contributed by atoms with Crippen LogP contribution in [-0.2, 0) is 24.4 Å². The number of fused-ring (bicyclic) bond motifs is 1. The van der Waals surface area contributed by atoms with Crippen LogP contribution in [0.5, 0.6) is 11.5 Å². The minimum absolute atomic E-state index is 0.0824. The number of carbonyl (C=O) groups excluding carboxylic acids is 2. The van der Waals surface area contributed by atoms with Crippen LogP contribution in [0.2, 0.25) is 0 Å². The molecule has 0 atom stereocenters. The first-order valence-corrected chi connectivity index (χ1v) is 15.3. The maximum Gasteiger partial charge on any atom is 0.586 e. The molecule has 1 aliphatic carbocycles. The molecule has 4 N–H and O–H groups in total. The Morgan fingerprint density at radius 2 is 1.52 bits per heavy atom. The summed E-state index contributed by atoms with van der Waals surface area (Å²) in [5.74, 6) is -0.477. The predicted molar refractivity (Wildman–Crippen MR) is 167 cm³/mol. The van der Waals surface area contributed by atoms with Crippen molar-refractivity contribution < 1.29 is 52.0 Å². The molecule has 1 saturated carbocycles. The number of hydrogen-bond donors (Lipinski definition) is 4. The fraction of sp³-hybridized carbons (Fsp3) is 0.394. The molecule has 256 valence electrons. The van der Waals surface area contributed by atoms with Gasteiger partial charge in [0.25, 0.3) is 5.91 Å². The third-order valence-electron chi connectivity index (χ3n) is 7.67. The van der Waals surface area contributed by atoms with E-state index in [1.54, 1.807) is 30.3 Å². The van der Waals surface area contributed by atoms with Crippen LogP contribution in [0.15, 0.2) is 54.6 Å². The highest BCUT2D eigenvalue weighted by atomic mass is 19.3. The molecule has 1 aromatic heterocycles. The molecule has 1 aliphatic heterocycles. The average Bonchev–Trinajstić information content (AvgIpc) is 3.81. The summed E-state index contributed by atoms with van der Waals surface area (Å²) in [5, 5.41) is 16.4. The Hall–Kier alpha value is -4.86.